The van der Waals surface area contributed by atoms with E-state index >= 15 is 0 Å². The molecular formula is C9H10BrFO. The summed E-state index contributed by atoms with van der Waals surface area (Å²) in [5.74, 6) is 0.720. The first-order valence-corrected chi connectivity index (χ1v) is 4.82. The Labute approximate surface area is 79.7 Å². The zero-order valence-corrected chi connectivity index (χ0v) is 8.18. The zero-order valence-electron chi connectivity index (χ0n) is 6.59. The van der Waals surface area contributed by atoms with Crippen molar-refractivity contribution in [3.05, 3.63) is 29.8 Å². The molecule has 12 heavy (non-hydrogen) atoms. The van der Waals surface area contributed by atoms with E-state index in [1.807, 2.05) is 24.3 Å². The highest BCUT2D eigenvalue weighted by atomic mass is 79.9. The molecule has 0 aromatic heterocycles. The lowest BCUT2D eigenvalue weighted by Gasteiger charge is -2.03. The second kappa shape index (κ2) is 5.14. The van der Waals surface area contributed by atoms with Crippen molar-refractivity contribution in [1.29, 1.82) is 0 Å². The fourth-order valence-corrected chi connectivity index (χ4v) is 1.21. The molecule has 0 atom stereocenters. The van der Waals surface area contributed by atoms with Crippen molar-refractivity contribution in [2.24, 2.45) is 0 Å². The van der Waals surface area contributed by atoms with Crippen LogP contribution in [0.5, 0.6) is 5.75 Å². The number of benzene rings is 1. The van der Waals surface area contributed by atoms with Gasteiger partial charge in [-0.3, -0.25) is 0 Å². The average molecular weight is 233 g/mol. The van der Waals surface area contributed by atoms with Crippen molar-refractivity contribution < 1.29 is 9.13 Å². The summed E-state index contributed by atoms with van der Waals surface area (Å²) in [5, 5.41) is 0.830. The molecule has 0 saturated carbocycles. The minimum atomic E-state index is -0.444. The first kappa shape index (κ1) is 9.52. The lowest BCUT2D eigenvalue weighted by Crippen LogP contribution is -1.98. The Hall–Kier alpha value is -0.570. The minimum Gasteiger partial charge on any atom is -0.491 e. The van der Waals surface area contributed by atoms with Crippen molar-refractivity contribution in [2.75, 3.05) is 13.3 Å². The van der Waals surface area contributed by atoms with Crippen molar-refractivity contribution in [3.8, 4) is 5.75 Å². The Morgan fingerprint density at radius 3 is 2.42 bits per heavy atom. The molecule has 0 N–H and O–H groups in total. The molecule has 1 nitrogen and oxygen atoms in total. The summed E-state index contributed by atoms with van der Waals surface area (Å²) in [6.07, 6.45) is 0. The van der Waals surface area contributed by atoms with Gasteiger partial charge in [0.2, 0.25) is 0 Å². The molecule has 1 aromatic rings. The Morgan fingerprint density at radius 2 is 1.92 bits per heavy atom. The van der Waals surface area contributed by atoms with Crippen LogP contribution < -0.4 is 4.74 Å². The van der Waals surface area contributed by atoms with Crippen LogP contribution >= 0.6 is 15.9 Å². The lowest BCUT2D eigenvalue weighted by atomic mass is 10.2. The maximum Gasteiger partial charge on any atom is 0.123 e. The van der Waals surface area contributed by atoms with E-state index in [1.54, 1.807) is 0 Å². The van der Waals surface area contributed by atoms with Gasteiger partial charge in [-0.2, -0.15) is 0 Å². The summed E-state index contributed by atoms with van der Waals surface area (Å²) in [4.78, 5) is 0. The van der Waals surface area contributed by atoms with Gasteiger partial charge in [0.15, 0.2) is 0 Å². The summed E-state index contributed by atoms with van der Waals surface area (Å²) < 4.78 is 16.8. The van der Waals surface area contributed by atoms with E-state index in [0.29, 0.717) is 0 Å². The van der Waals surface area contributed by atoms with Gasteiger partial charge in [-0.25, -0.2) is 4.39 Å². The molecule has 0 radical (unpaired) electrons. The number of hydrogen-bond donors (Lipinski definition) is 0. The van der Waals surface area contributed by atoms with Crippen LogP contribution in [-0.4, -0.2) is 13.3 Å². The first-order chi connectivity index (χ1) is 5.86. The van der Waals surface area contributed by atoms with Crippen molar-refractivity contribution >= 4 is 15.9 Å². The molecule has 3 heteroatoms. The smallest absolute Gasteiger partial charge is 0.123 e. The van der Waals surface area contributed by atoms with Gasteiger partial charge >= 0.3 is 0 Å². The number of rotatable bonds is 4. The van der Waals surface area contributed by atoms with E-state index in [4.69, 9.17) is 4.74 Å². The zero-order chi connectivity index (χ0) is 8.81. The Balaban J connectivity index is 2.53. The van der Waals surface area contributed by atoms with Gasteiger partial charge in [0.25, 0.3) is 0 Å². The standard InChI is InChI=1S/C9H10BrFO/c10-7-8-1-3-9(4-2-8)12-6-5-11/h1-4H,5-7H2. The Bertz CT molecular complexity index is 222. The SMILES string of the molecule is FCCOc1ccc(CBr)cc1. The molecule has 0 aliphatic carbocycles. The molecule has 0 aliphatic heterocycles. The summed E-state index contributed by atoms with van der Waals surface area (Å²) in [7, 11) is 0. The molecule has 0 heterocycles. The van der Waals surface area contributed by atoms with Gasteiger partial charge in [-0.1, -0.05) is 28.1 Å². The summed E-state index contributed by atoms with van der Waals surface area (Å²) in [6.45, 7) is -0.312. The summed E-state index contributed by atoms with van der Waals surface area (Å²) in [5.41, 5.74) is 1.18. The molecule has 1 rings (SSSR count). The monoisotopic (exact) mass is 232 g/mol. The molecule has 0 unspecified atom stereocenters. The second-order valence-corrected chi connectivity index (χ2v) is 2.88. The Morgan fingerprint density at radius 1 is 1.25 bits per heavy atom. The number of ether oxygens (including phenoxy) is 1. The number of hydrogen-bond acceptors (Lipinski definition) is 1. The van der Waals surface area contributed by atoms with Gasteiger partial charge in [0.05, 0.1) is 0 Å². The molecular weight excluding hydrogens is 223 g/mol. The fourth-order valence-electron chi connectivity index (χ4n) is 0.831. The highest BCUT2D eigenvalue weighted by Gasteiger charge is 1.93. The van der Waals surface area contributed by atoms with Crippen LogP contribution in [0.25, 0.3) is 0 Å². The van der Waals surface area contributed by atoms with Crippen LogP contribution in [-0.2, 0) is 5.33 Å². The van der Waals surface area contributed by atoms with E-state index in [0.717, 1.165) is 11.1 Å². The molecule has 1 aromatic carbocycles. The van der Waals surface area contributed by atoms with Crippen molar-refractivity contribution in [1.82, 2.24) is 0 Å². The number of halogens is 2. The van der Waals surface area contributed by atoms with Gasteiger partial charge < -0.3 is 4.74 Å². The molecule has 0 aliphatic rings. The fraction of sp³-hybridized carbons (Fsp3) is 0.333. The molecule has 0 amide bonds. The van der Waals surface area contributed by atoms with Crippen molar-refractivity contribution in [2.45, 2.75) is 5.33 Å². The minimum absolute atomic E-state index is 0.133. The predicted molar refractivity (Wildman–Crippen MR) is 50.5 cm³/mol. The Kier molecular flexibility index (Phi) is 4.08. The molecule has 0 bridgehead atoms. The summed E-state index contributed by atoms with van der Waals surface area (Å²) in [6, 6.07) is 7.57. The summed E-state index contributed by atoms with van der Waals surface area (Å²) >= 11 is 3.33. The predicted octanol–water partition coefficient (Wildman–Crippen LogP) is 2.93. The van der Waals surface area contributed by atoms with Gasteiger partial charge in [-0.15, -0.1) is 0 Å². The first-order valence-electron chi connectivity index (χ1n) is 3.70. The number of alkyl halides is 2. The highest BCUT2D eigenvalue weighted by molar-refractivity contribution is 9.08. The highest BCUT2D eigenvalue weighted by Crippen LogP contribution is 2.13. The van der Waals surface area contributed by atoms with Crippen LogP contribution in [0.1, 0.15) is 5.56 Å². The largest absolute Gasteiger partial charge is 0.491 e. The third-order valence-electron chi connectivity index (χ3n) is 1.42. The lowest BCUT2D eigenvalue weighted by molar-refractivity contribution is 0.273. The molecule has 66 valence electrons. The van der Waals surface area contributed by atoms with Gasteiger partial charge in [-0.05, 0) is 17.7 Å². The van der Waals surface area contributed by atoms with Crippen LogP contribution in [0.2, 0.25) is 0 Å². The van der Waals surface area contributed by atoms with Crippen LogP contribution in [0.4, 0.5) is 4.39 Å². The average Bonchev–Trinajstić information content (AvgIpc) is 2.15. The quantitative estimate of drug-likeness (QED) is 0.726. The maximum atomic E-state index is 11.7. The molecule has 0 spiro atoms. The van der Waals surface area contributed by atoms with Crippen LogP contribution in [0.3, 0.4) is 0 Å². The third-order valence-corrected chi connectivity index (χ3v) is 2.07. The van der Waals surface area contributed by atoms with Crippen LogP contribution in [0.15, 0.2) is 24.3 Å². The topological polar surface area (TPSA) is 9.23 Å². The molecule has 0 saturated heterocycles. The van der Waals surface area contributed by atoms with E-state index in [1.165, 1.54) is 5.56 Å². The second-order valence-electron chi connectivity index (χ2n) is 2.32. The van der Waals surface area contributed by atoms with Gasteiger partial charge in [0, 0.05) is 5.33 Å². The van der Waals surface area contributed by atoms with Crippen molar-refractivity contribution in [3.63, 3.8) is 0 Å². The normalized spacial score (nSPS) is 9.83. The van der Waals surface area contributed by atoms with Gasteiger partial charge in [0.1, 0.15) is 19.0 Å². The van der Waals surface area contributed by atoms with E-state index in [9.17, 15) is 4.39 Å². The van der Waals surface area contributed by atoms with Crippen LogP contribution in [0, 0.1) is 0 Å². The maximum absolute atomic E-state index is 11.7. The molecule has 0 fully saturated rings. The van der Waals surface area contributed by atoms with E-state index < -0.39 is 6.67 Å². The van der Waals surface area contributed by atoms with E-state index in [2.05, 4.69) is 15.9 Å². The van der Waals surface area contributed by atoms with E-state index in [-0.39, 0.29) is 6.61 Å². The third kappa shape index (κ3) is 2.81.